The van der Waals surface area contributed by atoms with Crippen LogP contribution in [0.4, 0.5) is 18.9 Å². The van der Waals surface area contributed by atoms with Crippen molar-refractivity contribution in [2.45, 2.75) is 38.3 Å². The van der Waals surface area contributed by atoms with E-state index in [1.165, 1.54) is 17.1 Å². The van der Waals surface area contributed by atoms with Gasteiger partial charge < -0.3 is 0 Å². The Bertz CT molecular complexity index is 572. The molecule has 0 radical (unpaired) electrons. The smallest absolute Gasteiger partial charge is 0.272 e. The molecule has 2 aliphatic rings. The van der Waals surface area contributed by atoms with E-state index in [0.29, 0.717) is 11.6 Å². The van der Waals surface area contributed by atoms with Crippen LogP contribution in [0.25, 0.3) is 0 Å². The van der Waals surface area contributed by atoms with Gasteiger partial charge in [-0.3, -0.25) is 4.79 Å². The fraction of sp³-hybridized carbons (Fsp3) is 0.467. The van der Waals surface area contributed by atoms with Gasteiger partial charge in [-0.05, 0) is 43.0 Å². The maximum atomic E-state index is 12.5. The molecule has 6 heteroatoms. The fourth-order valence-corrected chi connectivity index (χ4v) is 2.93. The molecule has 3 rings (SSSR count). The van der Waals surface area contributed by atoms with Crippen LogP contribution < -0.4 is 5.01 Å². The molecule has 1 heterocycles. The monoisotopic (exact) mass is 296 g/mol. The van der Waals surface area contributed by atoms with Crippen LogP contribution in [0.2, 0.25) is 0 Å². The predicted octanol–water partition coefficient (Wildman–Crippen LogP) is 3.99. The molecule has 0 bridgehead atoms. The van der Waals surface area contributed by atoms with Crippen molar-refractivity contribution in [3.05, 3.63) is 29.8 Å². The van der Waals surface area contributed by atoms with Gasteiger partial charge in [-0.2, -0.15) is 18.3 Å². The Morgan fingerprint density at radius 1 is 1.10 bits per heavy atom. The Morgan fingerprint density at radius 3 is 2.29 bits per heavy atom. The summed E-state index contributed by atoms with van der Waals surface area (Å²) < 4.78 is 37.6. The summed E-state index contributed by atoms with van der Waals surface area (Å²) in [5.74, 6) is 0.185. The first-order valence-electron chi connectivity index (χ1n) is 7.03. The molecule has 1 saturated carbocycles. The fourth-order valence-electron chi connectivity index (χ4n) is 2.93. The zero-order valence-corrected chi connectivity index (χ0v) is 11.4. The quantitative estimate of drug-likeness (QED) is 0.812. The second-order valence-corrected chi connectivity index (χ2v) is 5.50. The van der Waals surface area contributed by atoms with Crippen LogP contribution in [0.15, 0.2) is 29.4 Å². The summed E-state index contributed by atoms with van der Waals surface area (Å²) in [5, 5.41) is 5.56. The second-order valence-electron chi connectivity index (χ2n) is 5.50. The van der Waals surface area contributed by atoms with Gasteiger partial charge in [0.15, 0.2) is 0 Å². The van der Waals surface area contributed by atoms with Crippen LogP contribution >= 0.6 is 0 Å². The van der Waals surface area contributed by atoms with Crippen molar-refractivity contribution in [2.24, 2.45) is 11.0 Å². The van der Waals surface area contributed by atoms with Crippen molar-refractivity contribution < 1.29 is 18.0 Å². The lowest BCUT2D eigenvalue weighted by Gasteiger charge is -2.13. The molecule has 0 spiro atoms. The maximum Gasteiger partial charge on any atom is 0.416 e. The van der Waals surface area contributed by atoms with Gasteiger partial charge in [-0.25, -0.2) is 5.01 Å². The number of nitrogens with zero attached hydrogens (tertiary/aromatic N) is 2. The van der Waals surface area contributed by atoms with Crippen molar-refractivity contribution in [1.82, 2.24) is 0 Å². The average Bonchev–Trinajstić information content (AvgIpc) is 3.07. The van der Waals surface area contributed by atoms with Gasteiger partial charge in [0.25, 0.3) is 5.91 Å². The summed E-state index contributed by atoms with van der Waals surface area (Å²) >= 11 is 0. The van der Waals surface area contributed by atoms with Crippen molar-refractivity contribution in [3.8, 4) is 0 Å². The molecule has 0 aromatic heterocycles. The number of benzene rings is 1. The normalized spacial score (nSPS) is 20.2. The number of hydrazone groups is 1. The number of alkyl halides is 3. The maximum absolute atomic E-state index is 12.5. The van der Waals surface area contributed by atoms with Gasteiger partial charge in [0.2, 0.25) is 0 Å². The number of carbonyl (C=O) groups is 1. The zero-order chi connectivity index (χ0) is 15.0. The molecule has 0 atom stereocenters. The molecule has 0 N–H and O–H groups in total. The van der Waals surface area contributed by atoms with E-state index in [4.69, 9.17) is 0 Å². The molecule has 112 valence electrons. The first-order chi connectivity index (χ1) is 9.95. The van der Waals surface area contributed by atoms with Gasteiger partial charge >= 0.3 is 6.18 Å². The number of amides is 1. The lowest BCUT2D eigenvalue weighted by atomic mass is 10.00. The minimum absolute atomic E-state index is 0.170. The highest BCUT2D eigenvalue weighted by Crippen LogP contribution is 2.33. The number of hydrogen-bond donors (Lipinski definition) is 0. The minimum Gasteiger partial charge on any atom is -0.272 e. The second kappa shape index (κ2) is 5.16. The third kappa shape index (κ3) is 2.80. The Hall–Kier alpha value is -1.85. The largest absolute Gasteiger partial charge is 0.416 e. The van der Waals surface area contributed by atoms with E-state index in [1.807, 2.05) is 0 Å². The van der Waals surface area contributed by atoms with E-state index in [-0.39, 0.29) is 12.3 Å². The molecule has 1 amide bonds. The summed E-state index contributed by atoms with van der Waals surface area (Å²) in [5.41, 5.74) is 0.538. The molecule has 0 saturated heterocycles. The van der Waals surface area contributed by atoms with Crippen LogP contribution in [0.1, 0.15) is 37.7 Å². The van der Waals surface area contributed by atoms with Gasteiger partial charge in [0.1, 0.15) is 0 Å². The van der Waals surface area contributed by atoms with Crippen LogP contribution in [-0.2, 0) is 11.0 Å². The van der Waals surface area contributed by atoms with Crippen molar-refractivity contribution in [3.63, 3.8) is 0 Å². The Balaban J connectivity index is 1.81. The Kier molecular flexibility index (Phi) is 3.47. The number of carbonyl (C=O) groups excluding carboxylic acids is 1. The van der Waals surface area contributed by atoms with E-state index in [1.54, 1.807) is 0 Å². The van der Waals surface area contributed by atoms with Crippen LogP contribution in [0.3, 0.4) is 0 Å². The molecule has 1 aromatic rings. The van der Waals surface area contributed by atoms with E-state index in [9.17, 15) is 18.0 Å². The van der Waals surface area contributed by atoms with E-state index < -0.39 is 11.7 Å². The van der Waals surface area contributed by atoms with Crippen molar-refractivity contribution >= 4 is 17.3 Å². The van der Waals surface area contributed by atoms with Gasteiger partial charge in [-0.15, -0.1) is 0 Å². The van der Waals surface area contributed by atoms with E-state index >= 15 is 0 Å². The average molecular weight is 296 g/mol. The number of hydrogen-bond acceptors (Lipinski definition) is 2. The standard InChI is InChI=1S/C15H15F3N2O/c16-15(17,18)11-5-7-12(8-6-11)20-14(21)9-13(19-20)10-3-1-2-4-10/h5-8,10H,1-4,9H2. The van der Waals surface area contributed by atoms with E-state index in [2.05, 4.69) is 5.10 Å². The lowest BCUT2D eigenvalue weighted by molar-refractivity contribution is -0.137. The molecule has 1 aliphatic carbocycles. The van der Waals surface area contributed by atoms with Crippen LogP contribution in [0.5, 0.6) is 0 Å². The summed E-state index contributed by atoms with van der Waals surface area (Å²) in [4.78, 5) is 12.0. The number of rotatable bonds is 2. The molecule has 1 fully saturated rings. The highest BCUT2D eigenvalue weighted by Gasteiger charge is 2.33. The van der Waals surface area contributed by atoms with Gasteiger partial charge in [-0.1, -0.05) is 12.8 Å². The lowest BCUT2D eigenvalue weighted by Crippen LogP contribution is -2.19. The summed E-state index contributed by atoms with van der Waals surface area (Å²) in [6.45, 7) is 0. The van der Waals surface area contributed by atoms with Gasteiger partial charge in [0.05, 0.1) is 23.4 Å². The predicted molar refractivity (Wildman–Crippen MR) is 72.9 cm³/mol. The minimum atomic E-state index is -4.37. The highest BCUT2D eigenvalue weighted by atomic mass is 19.4. The molecular weight excluding hydrogens is 281 g/mol. The van der Waals surface area contributed by atoms with E-state index in [0.717, 1.165) is 43.5 Å². The topological polar surface area (TPSA) is 32.7 Å². The highest BCUT2D eigenvalue weighted by molar-refractivity contribution is 6.13. The van der Waals surface area contributed by atoms with Crippen molar-refractivity contribution in [1.29, 1.82) is 0 Å². The first-order valence-corrected chi connectivity index (χ1v) is 7.03. The molecule has 21 heavy (non-hydrogen) atoms. The SMILES string of the molecule is O=C1CC(C2CCCC2)=NN1c1ccc(C(F)(F)F)cc1. The Morgan fingerprint density at radius 2 is 1.71 bits per heavy atom. The van der Waals surface area contributed by atoms with Gasteiger partial charge in [0, 0.05) is 0 Å². The summed E-state index contributed by atoms with van der Waals surface area (Å²) in [6.07, 6.45) is 0.313. The van der Waals surface area contributed by atoms with Crippen LogP contribution in [-0.4, -0.2) is 11.6 Å². The molecule has 3 nitrogen and oxygen atoms in total. The molecule has 0 unspecified atom stereocenters. The number of anilines is 1. The molecule has 1 aromatic carbocycles. The third-order valence-electron chi connectivity index (χ3n) is 4.06. The molecule has 1 aliphatic heterocycles. The first kappa shape index (κ1) is 14.1. The number of halogens is 3. The Labute approximate surface area is 120 Å². The third-order valence-corrected chi connectivity index (χ3v) is 4.06. The summed E-state index contributed by atoms with van der Waals surface area (Å²) in [7, 11) is 0. The summed E-state index contributed by atoms with van der Waals surface area (Å²) in [6, 6.07) is 4.54. The zero-order valence-electron chi connectivity index (χ0n) is 11.4. The van der Waals surface area contributed by atoms with Crippen LogP contribution in [0, 0.1) is 5.92 Å². The molecular formula is C15H15F3N2O. The van der Waals surface area contributed by atoms with Crippen molar-refractivity contribution in [2.75, 3.05) is 5.01 Å².